The number of ether oxygens (including phenoxy) is 1. The van der Waals surface area contributed by atoms with E-state index in [1.54, 1.807) is 12.2 Å². The smallest absolute Gasteiger partial charge is 0.223 e. The van der Waals surface area contributed by atoms with E-state index in [0.29, 0.717) is 0 Å². The first-order valence-electron chi connectivity index (χ1n) is 9.21. The van der Waals surface area contributed by atoms with Crippen molar-refractivity contribution in [2.45, 2.75) is 50.5 Å². The fraction of sp³-hybridized carbons (Fsp3) is 0.526. The van der Waals surface area contributed by atoms with Crippen LogP contribution in [0.3, 0.4) is 0 Å². The Hall–Kier alpha value is -1.74. The summed E-state index contributed by atoms with van der Waals surface area (Å²) in [6.07, 6.45) is 3.90. The summed E-state index contributed by atoms with van der Waals surface area (Å²) >= 11 is 0. The third-order valence-corrected chi connectivity index (χ3v) is 6.35. The molecule has 1 aromatic rings. The van der Waals surface area contributed by atoms with Crippen LogP contribution in [0.25, 0.3) is 0 Å². The van der Waals surface area contributed by atoms with Crippen molar-refractivity contribution in [1.29, 1.82) is 0 Å². The molecule has 0 spiro atoms. The lowest BCUT2D eigenvalue weighted by atomic mass is 10.1. The van der Waals surface area contributed by atoms with Gasteiger partial charge in [0.25, 0.3) is 0 Å². The molecule has 0 bridgehead atoms. The molecule has 0 unspecified atom stereocenters. The average molecular weight is 394 g/mol. The predicted molar refractivity (Wildman–Crippen MR) is 102 cm³/mol. The van der Waals surface area contributed by atoms with Gasteiger partial charge in [-0.3, -0.25) is 4.79 Å². The molecule has 1 heterocycles. The van der Waals surface area contributed by atoms with Crippen LogP contribution in [-0.4, -0.2) is 56.1 Å². The van der Waals surface area contributed by atoms with Crippen LogP contribution in [0.5, 0.6) is 0 Å². The van der Waals surface area contributed by atoms with Gasteiger partial charge in [-0.2, -0.15) is 0 Å². The summed E-state index contributed by atoms with van der Waals surface area (Å²) in [6, 6.07) is 7.61. The number of rotatable bonds is 7. The van der Waals surface area contributed by atoms with Gasteiger partial charge in [-0.05, 0) is 30.9 Å². The molecule has 0 aromatic heterocycles. The zero-order valence-corrected chi connectivity index (χ0v) is 16.1. The Labute approximate surface area is 159 Å². The summed E-state index contributed by atoms with van der Waals surface area (Å²) in [5.74, 6) is -0.169. The van der Waals surface area contributed by atoms with Crippen LogP contribution in [0.15, 0.2) is 36.4 Å². The van der Waals surface area contributed by atoms with Gasteiger partial charge in [0.15, 0.2) is 0 Å². The summed E-state index contributed by atoms with van der Waals surface area (Å²) in [6.45, 7) is 1.20. The summed E-state index contributed by atoms with van der Waals surface area (Å²) < 4.78 is 31.7. The highest BCUT2D eigenvalue weighted by Gasteiger charge is 2.31. The SMILES string of the molecule is CCS(=O)(=O)N[C@@H]1C=C[C@H](CC(=O)NC2Cc3ccccc3C2)O[C@H]1CO. The highest BCUT2D eigenvalue weighted by molar-refractivity contribution is 7.89. The van der Waals surface area contributed by atoms with Crippen molar-refractivity contribution >= 4 is 15.9 Å². The second-order valence-electron chi connectivity index (χ2n) is 6.97. The summed E-state index contributed by atoms with van der Waals surface area (Å²) in [7, 11) is -3.42. The molecule has 0 fully saturated rings. The van der Waals surface area contributed by atoms with Crippen molar-refractivity contribution in [2.75, 3.05) is 12.4 Å². The molecule has 3 atom stereocenters. The first-order valence-corrected chi connectivity index (χ1v) is 10.9. The number of nitrogens with one attached hydrogen (secondary N) is 2. The number of sulfonamides is 1. The van der Waals surface area contributed by atoms with E-state index in [1.807, 2.05) is 12.1 Å². The molecule has 0 saturated carbocycles. The van der Waals surface area contributed by atoms with Crippen molar-refractivity contribution in [2.24, 2.45) is 0 Å². The molecule has 2 aliphatic rings. The lowest BCUT2D eigenvalue weighted by Gasteiger charge is -2.31. The van der Waals surface area contributed by atoms with Crippen LogP contribution in [0.1, 0.15) is 24.5 Å². The van der Waals surface area contributed by atoms with Gasteiger partial charge in [0.1, 0.15) is 6.10 Å². The van der Waals surface area contributed by atoms with E-state index in [0.717, 1.165) is 12.8 Å². The maximum Gasteiger partial charge on any atom is 0.223 e. The van der Waals surface area contributed by atoms with Gasteiger partial charge in [-0.25, -0.2) is 13.1 Å². The first-order chi connectivity index (χ1) is 12.9. The molecule has 3 N–H and O–H groups in total. The van der Waals surface area contributed by atoms with E-state index in [1.165, 1.54) is 18.1 Å². The molecule has 3 rings (SSSR count). The van der Waals surface area contributed by atoms with Gasteiger partial charge in [-0.1, -0.05) is 36.4 Å². The minimum Gasteiger partial charge on any atom is -0.394 e. The average Bonchev–Trinajstić information content (AvgIpc) is 3.04. The van der Waals surface area contributed by atoms with Crippen LogP contribution in [0.2, 0.25) is 0 Å². The Balaban J connectivity index is 1.53. The lowest BCUT2D eigenvalue weighted by molar-refractivity contribution is -0.125. The third kappa shape index (κ3) is 5.16. The Morgan fingerprint density at radius 1 is 1.22 bits per heavy atom. The second-order valence-corrected chi connectivity index (χ2v) is 9.02. The number of carbonyl (C=O) groups excluding carboxylic acids is 1. The topological polar surface area (TPSA) is 105 Å². The highest BCUT2D eigenvalue weighted by Crippen LogP contribution is 2.22. The van der Waals surface area contributed by atoms with E-state index >= 15 is 0 Å². The normalized spacial score (nSPS) is 25.3. The number of fused-ring (bicyclic) bond motifs is 1. The maximum atomic E-state index is 12.4. The Morgan fingerprint density at radius 3 is 2.48 bits per heavy atom. The number of amides is 1. The quantitative estimate of drug-likeness (QED) is 0.577. The number of aliphatic hydroxyl groups is 1. The molecule has 8 heteroatoms. The monoisotopic (exact) mass is 394 g/mol. The number of carbonyl (C=O) groups is 1. The first kappa shape index (κ1) is 20.0. The molecule has 1 aliphatic carbocycles. The minimum atomic E-state index is -3.42. The molecule has 148 valence electrons. The number of aliphatic hydroxyl groups excluding tert-OH is 1. The number of hydrogen-bond acceptors (Lipinski definition) is 5. The van der Waals surface area contributed by atoms with Gasteiger partial charge < -0.3 is 15.2 Å². The summed E-state index contributed by atoms with van der Waals surface area (Å²) in [5.41, 5.74) is 2.53. The molecule has 0 radical (unpaired) electrons. The van der Waals surface area contributed by atoms with Gasteiger partial charge in [-0.15, -0.1) is 0 Å². The van der Waals surface area contributed by atoms with Crippen LogP contribution >= 0.6 is 0 Å². The molecule has 1 aromatic carbocycles. The van der Waals surface area contributed by atoms with Crippen molar-refractivity contribution in [3.05, 3.63) is 47.5 Å². The molecular weight excluding hydrogens is 368 g/mol. The van der Waals surface area contributed by atoms with Crippen molar-refractivity contribution in [3.8, 4) is 0 Å². The van der Waals surface area contributed by atoms with Crippen LogP contribution in [0, 0.1) is 0 Å². The highest BCUT2D eigenvalue weighted by atomic mass is 32.2. The van der Waals surface area contributed by atoms with Gasteiger partial charge in [0.2, 0.25) is 15.9 Å². The lowest BCUT2D eigenvalue weighted by Crippen LogP contribution is -2.49. The predicted octanol–water partition coefficient (Wildman–Crippen LogP) is 0.284. The zero-order chi connectivity index (χ0) is 19.4. The number of hydrogen-bond donors (Lipinski definition) is 3. The minimum absolute atomic E-state index is 0.0505. The van der Waals surface area contributed by atoms with E-state index in [2.05, 4.69) is 22.2 Å². The fourth-order valence-electron chi connectivity index (χ4n) is 3.53. The van der Waals surface area contributed by atoms with E-state index in [4.69, 9.17) is 4.74 Å². The summed E-state index contributed by atoms with van der Waals surface area (Å²) in [4.78, 5) is 12.4. The number of benzene rings is 1. The molecular formula is C19H26N2O5S. The third-order valence-electron chi connectivity index (χ3n) is 4.96. The maximum absolute atomic E-state index is 12.4. The van der Waals surface area contributed by atoms with Crippen LogP contribution < -0.4 is 10.0 Å². The fourth-order valence-corrected chi connectivity index (χ4v) is 4.34. The molecule has 1 aliphatic heterocycles. The van der Waals surface area contributed by atoms with E-state index < -0.39 is 28.3 Å². The van der Waals surface area contributed by atoms with Gasteiger partial charge >= 0.3 is 0 Å². The standard InChI is InChI=1S/C19H26N2O5S/c1-2-27(24,25)21-17-8-7-16(26-18(17)12-22)11-19(23)20-15-9-13-5-3-4-6-14(13)10-15/h3-8,15-18,21-22H,2,9-12H2,1H3,(H,20,23)/t16-,17-,18+/m1/s1. The summed E-state index contributed by atoms with van der Waals surface area (Å²) in [5, 5.41) is 12.6. The van der Waals surface area contributed by atoms with Crippen LogP contribution in [0.4, 0.5) is 0 Å². The van der Waals surface area contributed by atoms with E-state index in [-0.39, 0.29) is 30.7 Å². The largest absolute Gasteiger partial charge is 0.394 e. The van der Waals surface area contributed by atoms with Gasteiger partial charge in [0.05, 0.1) is 30.9 Å². The van der Waals surface area contributed by atoms with Crippen molar-refractivity contribution in [3.63, 3.8) is 0 Å². The Morgan fingerprint density at radius 2 is 1.89 bits per heavy atom. The Kier molecular flexibility index (Phi) is 6.31. The molecule has 27 heavy (non-hydrogen) atoms. The Bertz CT molecular complexity index is 783. The molecule has 0 saturated heterocycles. The van der Waals surface area contributed by atoms with Crippen molar-refractivity contribution in [1.82, 2.24) is 10.0 Å². The van der Waals surface area contributed by atoms with Gasteiger partial charge in [0, 0.05) is 6.04 Å². The second kappa shape index (κ2) is 8.52. The molecule has 7 nitrogen and oxygen atoms in total. The van der Waals surface area contributed by atoms with E-state index in [9.17, 15) is 18.3 Å². The zero-order valence-electron chi connectivity index (χ0n) is 15.3. The van der Waals surface area contributed by atoms with Crippen molar-refractivity contribution < 1.29 is 23.1 Å². The molecule has 1 amide bonds. The van der Waals surface area contributed by atoms with Crippen LogP contribution in [-0.2, 0) is 32.4 Å².